The van der Waals surface area contributed by atoms with Crippen molar-refractivity contribution in [1.29, 1.82) is 0 Å². The highest BCUT2D eigenvalue weighted by molar-refractivity contribution is 7.92. The van der Waals surface area contributed by atoms with E-state index in [2.05, 4.69) is 0 Å². The Kier molecular flexibility index (Phi) is 2.25. The average Bonchev–Trinajstić information content (AvgIpc) is 1.87. The predicted octanol–water partition coefficient (Wildman–Crippen LogP) is 0.650. The van der Waals surface area contributed by atoms with Gasteiger partial charge in [0.15, 0.2) is 9.84 Å². The van der Waals surface area contributed by atoms with Gasteiger partial charge in [-0.05, 0) is 12.8 Å². The molecular formula is C7H15NO2S. The smallest absolute Gasteiger partial charge is 0.165 e. The Labute approximate surface area is 67.9 Å². The molecule has 0 spiro atoms. The maximum atomic E-state index is 11.2. The molecule has 0 saturated heterocycles. The highest BCUT2D eigenvalue weighted by Crippen LogP contribution is 2.29. The first-order chi connectivity index (χ1) is 4.96. The second kappa shape index (κ2) is 2.75. The van der Waals surface area contributed by atoms with Gasteiger partial charge in [0, 0.05) is 6.26 Å². The van der Waals surface area contributed by atoms with Gasteiger partial charge in [0.25, 0.3) is 0 Å². The van der Waals surface area contributed by atoms with Crippen molar-refractivity contribution in [2.24, 2.45) is 5.73 Å². The van der Waals surface area contributed by atoms with Crippen molar-refractivity contribution in [2.75, 3.05) is 6.26 Å². The van der Waals surface area contributed by atoms with Gasteiger partial charge in [0.2, 0.25) is 0 Å². The Balaban J connectivity index is 2.81. The first-order valence-corrected chi connectivity index (χ1v) is 5.83. The van der Waals surface area contributed by atoms with Crippen LogP contribution in [0, 0.1) is 0 Å². The van der Waals surface area contributed by atoms with Crippen LogP contribution in [0.3, 0.4) is 0 Å². The van der Waals surface area contributed by atoms with Gasteiger partial charge in [-0.25, -0.2) is 8.42 Å². The fourth-order valence-corrected chi connectivity index (χ4v) is 2.55. The molecule has 0 radical (unpaired) electrons. The van der Waals surface area contributed by atoms with Gasteiger partial charge in [-0.15, -0.1) is 0 Å². The molecule has 1 rings (SSSR count). The second-order valence-electron chi connectivity index (χ2n) is 3.40. The molecule has 0 aromatic carbocycles. The molecule has 3 nitrogen and oxygen atoms in total. The van der Waals surface area contributed by atoms with Gasteiger partial charge >= 0.3 is 0 Å². The number of hydrogen-bond acceptors (Lipinski definition) is 3. The molecule has 1 fully saturated rings. The number of nitrogens with two attached hydrogens (primary N) is 1. The molecule has 11 heavy (non-hydrogen) atoms. The second-order valence-corrected chi connectivity index (χ2v) is 5.75. The molecule has 0 aliphatic heterocycles. The fraction of sp³-hybridized carbons (Fsp3) is 1.00. The maximum absolute atomic E-state index is 11.2. The van der Waals surface area contributed by atoms with Crippen LogP contribution in [0.15, 0.2) is 0 Å². The van der Waals surface area contributed by atoms with Gasteiger partial charge in [-0.3, -0.25) is 0 Å². The zero-order chi connectivity index (χ0) is 8.54. The molecule has 0 heterocycles. The third-order valence-electron chi connectivity index (χ3n) is 2.44. The Morgan fingerprint density at radius 2 is 1.64 bits per heavy atom. The molecule has 1 aliphatic carbocycles. The van der Waals surface area contributed by atoms with Gasteiger partial charge in [0.05, 0.1) is 0 Å². The summed E-state index contributed by atoms with van der Waals surface area (Å²) in [7, 11) is -3.05. The third kappa shape index (κ3) is 1.73. The molecule has 0 aromatic heterocycles. The normalized spacial score (nSPS) is 24.9. The highest BCUT2D eigenvalue weighted by Gasteiger charge is 2.37. The monoisotopic (exact) mass is 177 g/mol. The van der Waals surface area contributed by atoms with Crippen LogP contribution in [0.2, 0.25) is 0 Å². The van der Waals surface area contributed by atoms with Crippen LogP contribution < -0.4 is 5.73 Å². The van der Waals surface area contributed by atoms with E-state index < -0.39 is 14.7 Å². The summed E-state index contributed by atoms with van der Waals surface area (Å²) in [5, 5.41) is 0. The summed E-state index contributed by atoms with van der Waals surface area (Å²) < 4.78 is 22.4. The predicted molar refractivity (Wildman–Crippen MR) is 44.8 cm³/mol. The molecule has 0 aromatic rings. The van der Waals surface area contributed by atoms with E-state index in [-0.39, 0.29) is 0 Å². The van der Waals surface area contributed by atoms with Crippen LogP contribution in [0.5, 0.6) is 0 Å². The summed E-state index contributed by atoms with van der Waals surface area (Å²) in [5.74, 6) is 0. The Morgan fingerprint density at radius 1 is 1.18 bits per heavy atom. The minimum Gasteiger partial charge on any atom is -0.313 e. The van der Waals surface area contributed by atoms with Crippen LogP contribution in [0.1, 0.15) is 32.1 Å². The lowest BCUT2D eigenvalue weighted by Crippen LogP contribution is -2.48. The van der Waals surface area contributed by atoms with Gasteiger partial charge in [0.1, 0.15) is 4.87 Å². The molecule has 66 valence electrons. The number of rotatable bonds is 1. The molecule has 1 saturated carbocycles. The number of hydrogen-bond donors (Lipinski definition) is 1. The quantitative estimate of drug-likeness (QED) is 0.639. The summed E-state index contributed by atoms with van der Waals surface area (Å²) in [6.45, 7) is 0. The lowest BCUT2D eigenvalue weighted by atomic mass is 9.96. The largest absolute Gasteiger partial charge is 0.313 e. The SMILES string of the molecule is CS(=O)(=O)C1(N)CCCCC1. The zero-order valence-corrected chi connectivity index (χ0v) is 7.65. The lowest BCUT2D eigenvalue weighted by Gasteiger charge is -2.31. The summed E-state index contributed by atoms with van der Waals surface area (Å²) in [4.78, 5) is -0.911. The van der Waals surface area contributed by atoms with Gasteiger partial charge < -0.3 is 5.73 Å². The lowest BCUT2D eigenvalue weighted by molar-refractivity contribution is 0.382. The van der Waals surface area contributed by atoms with Crippen molar-refractivity contribution in [1.82, 2.24) is 0 Å². The van der Waals surface area contributed by atoms with Crippen LogP contribution in [0.4, 0.5) is 0 Å². The topological polar surface area (TPSA) is 60.2 Å². The fourth-order valence-electron chi connectivity index (χ4n) is 1.52. The van der Waals surface area contributed by atoms with Gasteiger partial charge in [-0.2, -0.15) is 0 Å². The van der Waals surface area contributed by atoms with Crippen molar-refractivity contribution >= 4 is 9.84 Å². The standard InChI is InChI=1S/C7H15NO2S/c1-11(9,10)7(8)5-3-2-4-6-7/h2-6,8H2,1H3. The van der Waals surface area contributed by atoms with Crippen molar-refractivity contribution < 1.29 is 8.42 Å². The van der Waals surface area contributed by atoms with Crippen molar-refractivity contribution in [3.8, 4) is 0 Å². The van der Waals surface area contributed by atoms with Crippen LogP contribution in [-0.4, -0.2) is 19.5 Å². The van der Waals surface area contributed by atoms with Crippen molar-refractivity contribution in [3.05, 3.63) is 0 Å². The van der Waals surface area contributed by atoms with Crippen molar-refractivity contribution in [2.45, 2.75) is 37.0 Å². The molecule has 0 bridgehead atoms. The van der Waals surface area contributed by atoms with E-state index in [0.29, 0.717) is 12.8 Å². The van der Waals surface area contributed by atoms with E-state index in [4.69, 9.17) is 5.73 Å². The van der Waals surface area contributed by atoms with E-state index in [1.54, 1.807) is 0 Å². The minimum atomic E-state index is -3.05. The summed E-state index contributed by atoms with van der Waals surface area (Å²) >= 11 is 0. The zero-order valence-electron chi connectivity index (χ0n) is 6.84. The first kappa shape index (κ1) is 9.00. The van der Waals surface area contributed by atoms with E-state index in [1.807, 2.05) is 0 Å². The highest BCUT2D eigenvalue weighted by atomic mass is 32.2. The molecular weight excluding hydrogens is 162 g/mol. The van der Waals surface area contributed by atoms with Crippen LogP contribution in [0.25, 0.3) is 0 Å². The number of sulfone groups is 1. The average molecular weight is 177 g/mol. The van der Waals surface area contributed by atoms with E-state index in [9.17, 15) is 8.42 Å². The van der Waals surface area contributed by atoms with E-state index in [1.165, 1.54) is 6.26 Å². The van der Waals surface area contributed by atoms with E-state index in [0.717, 1.165) is 19.3 Å². The minimum absolute atomic E-state index is 0.631. The molecule has 0 atom stereocenters. The maximum Gasteiger partial charge on any atom is 0.165 e. The van der Waals surface area contributed by atoms with E-state index >= 15 is 0 Å². The summed E-state index contributed by atoms with van der Waals surface area (Å²) in [6.07, 6.45) is 5.51. The summed E-state index contributed by atoms with van der Waals surface area (Å²) in [5.41, 5.74) is 5.75. The van der Waals surface area contributed by atoms with Crippen LogP contribution >= 0.6 is 0 Å². The first-order valence-electron chi connectivity index (χ1n) is 3.94. The Hall–Kier alpha value is -0.0900. The molecule has 0 unspecified atom stereocenters. The van der Waals surface area contributed by atoms with Crippen molar-refractivity contribution in [3.63, 3.8) is 0 Å². The van der Waals surface area contributed by atoms with Gasteiger partial charge in [-0.1, -0.05) is 19.3 Å². The summed E-state index contributed by atoms with van der Waals surface area (Å²) in [6, 6.07) is 0. The molecule has 0 amide bonds. The van der Waals surface area contributed by atoms with Crippen LogP contribution in [-0.2, 0) is 9.84 Å². The molecule has 2 N–H and O–H groups in total. The Bertz CT molecular complexity index is 227. The molecule has 1 aliphatic rings. The third-order valence-corrected chi connectivity index (χ3v) is 4.32. The molecule has 4 heteroatoms. The Morgan fingerprint density at radius 3 is 1.91 bits per heavy atom.